The summed E-state index contributed by atoms with van der Waals surface area (Å²) in [6.45, 7) is 1.08. The van der Waals surface area contributed by atoms with Gasteiger partial charge in [0.2, 0.25) is 10.0 Å². The van der Waals surface area contributed by atoms with Crippen LogP contribution in [-0.2, 0) is 16.6 Å². The minimum atomic E-state index is -4.62. The van der Waals surface area contributed by atoms with Crippen LogP contribution < -0.4 is 10.5 Å². The molecule has 9 heteroatoms. The molecule has 3 N–H and O–H groups in total. The van der Waals surface area contributed by atoms with Gasteiger partial charge < -0.3 is 10.2 Å². The molecule has 1 rings (SSSR count). The molecule has 0 spiro atoms. The highest BCUT2D eigenvalue weighted by molar-refractivity contribution is 7.89. The Morgan fingerprint density at radius 3 is 2.28 bits per heavy atom. The Kier molecular flexibility index (Phi) is 4.08. The first-order valence-corrected chi connectivity index (χ1v) is 6.42. The van der Waals surface area contributed by atoms with Crippen molar-refractivity contribution in [2.24, 2.45) is 5.73 Å². The maximum atomic E-state index is 12.0. The van der Waals surface area contributed by atoms with E-state index in [9.17, 15) is 21.6 Å². The van der Waals surface area contributed by atoms with Crippen LogP contribution in [0.15, 0.2) is 9.31 Å². The van der Waals surface area contributed by atoms with Crippen LogP contribution in [0, 0.1) is 13.8 Å². The van der Waals surface area contributed by atoms with Crippen LogP contribution >= 0.6 is 0 Å². The number of alkyl halides is 3. The van der Waals surface area contributed by atoms with Crippen LogP contribution in [0.3, 0.4) is 0 Å². The molecule has 1 aromatic rings. The zero-order valence-corrected chi connectivity index (χ0v) is 10.6. The summed E-state index contributed by atoms with van der Waals surface area (Å²) in [5.74, 6) is 0.296. The number of halogens is 3. The number of hydrogen-bond donors (Lipinski definition) is 2. The molecule has 18 heavy (non-hydrogen) atoms. The van der Waals surface area contributed by atoms with Crippen molar-refractivity contribution in [1.29, 1.82) is 0 Å². The van der Waals surface area contributed by atoms with E-state index < -0.39 is 22.7 Å². The molecule has 0 bridgehead atoms. The Morgan fingerprint density at radius 2 is 1.83 bits per heavy atom. The van der Waals surface area contributed by atoms with E-state index in [1.807, 2.05) is 0 Å². The van der Waals surface area contributed by atoms with Gasteiger partial charge in [0, 0.05) is 12.1 Å². The second-order valence-corrected chi connectivity index (χ2v) is 5.37. The predicted octanol–water partition coefficient (Wildman–Crippen LogP) is 1.20. The van der Waals surface area contributed by atoms with Crippen molar-refractivity contribution in [3.63, 3.8) is 0 Å². The maximum absolute atomic E-state index is 12.0. The third-order valence-electron chi connectivity index (χ3n) is 2.26. The summed E-state index contributed by atoms with van der Waals surface area (Å²) in [4.78, 5) is -0.313. The summed E-state index contributed by atoms with van der Waals surface area (Å²) >= 11 is 0. The van der Waals surface area contributed by atoms with Gasteiger partial charge >= 0.3 is 6.18 Å². The van der Waals surface area contributed by atoms with Crippen LogP contribution in [-0.4, -0.2) is 21.1 Å². The van der Waals surface area contributed by atoms with Crippen molar-refractivity contribution in [3.8, 4) is 0 Å². The molecule has 104 valence electrons. The Labute approximate surface area is 102 Å². The van der Waals surface area contributed by atoms with Crippen LogP contribution in [0.25, 0.3) is 0 Å². The summed E-state index contributed by atoms with van der Waals surface area (Å²) in [5, 5.41) is 0. The van der Waals surface area contributed by atoms with Crippen LogP contribution in [0.1, 0.15) is 17.1 Å². The predicted molar refractivity (Wildman–Crippen MR) is 57.3 cm³/mol. The second kappa shape index (κ2) is 4.90. The number of nitrogens with one attached hydrogen (secondary N) is 1. The average Bonchev–Trinajstić information content (AvgIpc) is 2.49. The molecule has 0 radical (unpaired) electrons. The molecule has 0 aliphatic rings. The number of hydrogen-bond acceptors (Lipinski definition) is 4. The van der Waals surface area contributed by atoms with Crippen molar-refractivity contribution in [2.75, 3.05) is 6.54 Å². The van der Waals surface area contributed by atoms with Gasteiger partial charge in [0.1, 0.15) is 23.0 Å². The summed E-state index contributed by atoms with van der Waals surface area (Å²) in [6, 6.07) is 0. The lowest BCUT2D eigenvalue weighted by molar-refractivity contribution is -0.121. The Bertz CT molecular complexity index is 534. The van der Waals surface area contributed by atoms with Crippen molar-refractivity contribution in [2.45, 2.75) is 31.5 Å². The van der Waals surface area contributed by atoms with Gasteiger partial charge in [-0.05, 0) is 13.8 Å². The van der Waals surface area contributed by atoms with E-state index in [0.29, 0.717) is 0 Å². The molecular formula is C9H13F3N2O3S. The van der Waals surface area contributed by atoms with E-state index >= 15 is 0 Å². The van der Waals surface area contributed by atoms with E-state index in [-0.39, 0.29) is 28.5 Å². The molecule has 0 atom stereocenters. The number of aryl methyl sites for hydroxylation is 2. The van der Waals surface area contributed by atoms with Gasteiger partial charge in [-0.25, -0.2) is 13.1 Å². The SMILES string of the molecule is Cc1oc(C)c(S(=O)(=O)NCC(F)(F)F)c1CN. The van der Waals surface area contributed by atoms with Gasteiger partial charge in [-0.15, -0.1) is 0 Å². The fourth-order valence-electron chi connectivity index (χ4n) is 1.55. The largest absolute Gasteiger partial charge is 0.465 e. The molecule has 0 saturated heterocycles. The van der Waals surface area contributed by atoms with Crippen LogP contribution in [0.2, 0.25) is 0 Å². The van der Waals surface area contributed by atoms with Crippen LogP contribution in [0.4, 0.5) is 13.2 Å². The minimum Gasteiger partial charge on any atom is -0.465 e. The highest BCUT2D eigenvalue weighted by atomic mass is 32.2. The van der Waals surface area contributed by atoms with Gasteiger partial charge in [-0.2, -0.15) is 13.2 Å². The van der Waals surface area contributed by atoms with E-state index in [0.717, 1.165) is 0 Å². The van der Waals surface area contributed by atoms with Crippen molar-refractivity contribution in [1.82, 2.24) is 4.72 Å². The molecule has 0 amide bonds. The summed E-state index contributed by atoms with van der Waals surface area (Å²) in [5.41, 5.74) is 5.55. The quantitative estimate of drug-likeness (QED) is 0.870. The average molecular weight is 286 g/mol. The van der Waals surface area contributed by atoms with Crippen molar-refractivity contribution < 1.29 is 26.0 Å². The van der Waals surface area contributed by atoms with Gasteiger partial charge in [-0.3, -0.25) is 0 Å². The van der Waals surface area contributed by atoms with E-state index in [4.69, 9.17) is 10.2 Å². The first kappa shape index (κ1) is 15.0. The number of sulfonamides is 1. The van der Waals surface area contributed by atoms with E-state index in [2.05, 4.69) is 0 Å². The third kappa shape index (κ3) is 3.24. The summed E-state index contributed by atoms with van der Waals surface area (Å²) < 4.78 is 66.1. The normalized spacial score (nSPS) is 13.0. The zero-order chi connectivity index (χ0) is 14.1. The molecule has 5 nitrogen and oxygen atoms in total. The Morgan fingerprint density at radius 1 is 1.28 bits per heavy atom. The van der Waals surface area contributed by atoms with Gasteiger partial charge in [-0.1, -0.05) is 0 Å². The third-order valence-corrected chi connectivity index (χ3v) is 3.86. The topological polar surface area (TPSA) is 85.3 Å². The van der Waals surface area contributed by atoms with Gasteiger partial charge in [0.05, 0.1) is 0 Å². The lowest BCUT2D eigenvalue weighted by Gasteiger charge is -2.09. The maximum Gasteiger partial charge on any atom is 0.402 e. The molecule has 0 fully saturated rings. The highest BCUT2D eigenvalue weighted by Gasteiger charge is 2.32. The molecule has 0 aliphatic carbocycles. The van der Waals surface area contributed by atoms with Crippen LogP contribution in [0.5, 0.6) is 0 Å². The molecule has 0 unspecified atom stereocenters. The number of rotatable bonds is 4. The lowest BCUT2D eigenvalue weighted by atomic mass is 10.2. The van der Waals surface area contributed by atoms with Gasteiger partial charge in [0.15, 0.2) is 0 Å². The molecular weight excluding hydrogens is 273 g/mol. The van der Waals surface area contributed by atoms with Gasteiger partial charge in [0.25, 0.3) is 0 Å². The Balaban J connectivity index is 3.13. The fraction of sp³-hybridized carbons (Fsp3) is 0.556. The standard InChI is InChI=1S/C9H13F3N2O3S/c1-5-7(3-13)8(6(2)17-5)18(15,16)14-4-9(10,11)12/h14H,3-4,13H2,1-2H3. The first-order valence-electron chi connectivity index (χ1n) is 4.94. The molecule has 1 heterocycles. The monoisotopic (exact) mass is 286 g/mol. The smallest absolute Gasteiger partial charge is 0.402 e. The zero-order valence-electron chi connectivity index (χ0n) is 9.76. The lowest BCUT2D eigenvalue weighted by Crippen LogP contribution is -2.34. The molecule has 0 aliphatic heterocycles. The second-order valence-electron chi connectivity index (χ2n) is 3.67. The summed E-state index contributed by atoms with van der Waals surface area (Å²) in [6.07, 6.45) is -4.62. The van der Waals surface area contributed by atoms with E-state index in [1.54, 1.807) is 0 Å². The highest BCUT2D eigenvalue weighted by Crippen LogP contribution is 2.26. The Hall–Kier alpha value is -1.06. The fourth-order valence-corrected chi connectivity index (χ4v) is 3.02. The number of nitrogens with two attached hydrogens (primary N) is 1. The first-order chi connectivity index (χ1) is 8.08. The molecule has 1 aromatic heterocycles. The number of furan rings is 1. The van der Waals surface area contributed by atoms with E-state index in [1.165, 1.54) is 18.6 Å². The van der Waals surface area contributed by atoms with Crippen molar-refractivity contribution >= 4 is 10.0 Å². The summed E-state index contributed by atoms with van der Waals surface area (Å²) in [7, 11) is -4.29. The minimum absolute atomic E-state index is 0.0163. The van der Waals surface area contributed by atoms with Crippen molar-refractivity contribution in [3.05, 3.63) is 17.1 Å². The molecule has 0 saturated carbocycles. The molecule has 0 aromatic carbocycles.